The minimum atomic E-state index is 0.218. The highest BCUT2D eigenvalue weighted by Gasteiger charge is 2.17. The van der Waals surface area contributed by atoms with Gasteiger partial charge in [-0.1, -0.05) is 0 Å². The molecular weight excluding hydrogens is 80.0 g/mol. The standard InChI is InChI=1S/C4H6O2/c5-2-1-4-3-6-4/h1-2,4-5H,3H2. The molecule has 6 heavy (non-hydrogen) atoms. The summed E-state index contributed by atoms with van der Waals surface area (Å²) >= 11 is 0. The molecule has 2 heteroatoms. The van der Waals surface area contributed by atoms with Crippen molar-refractivity contribution in [3.63, 3.8) is 0 Å². The molecule has 0 bridgehead atoms. The smallest absolute Gasteiger partial charge is 0.102 e. The second-order valence-corrected chi connectivity index (χ2v) is 1.21. The first-order chi connectivity index (χ1) is 2.93. The largest absolute Gasteiger partial charge is 0.516 e. The average molecular weight is 86.1 g/mol. The van der Waals surface area contributed by atoms with E-state index < -0.39 is 0 Å². The molecule has 1 unspecified atom stereocenters. The van der Waals surface area contributed by atoms with E-state index in [1.165, 1.54) is 0 Å². The summed E-state index contributed by atoms with van der Waals surface area (Å²) < 4.78 is 4.70. The lowest BCUT2D eigenvalue weighted by molar-refractivity contribution is 0.427. The Balaban J connectivity index is 2.15. The highest BCUT2D eigenvalue weighted by Crippen LogP contribution is 2.08. The summed E-state index contributed by atoms with van der Waals surface area (Å²) in [4.78, 5) is 0. The lowest BCUT2D eigenvalue weighted by Gasteiger charge is -1.66. The molecule has 1 aliphatic rings. The molecule has 34 valence electrons. The van der Waals surface area contributed by atoms with Crippen LogP contribution in [0.1, 0.15) is 0 Å². The van der Waals surface area contributed by atoms with Crippen LogP contribution in [0, 0.1) is 0 Å². The van der Waals surface area contributed by atoms with Crippen LogP contribution in [-0.4, -0.2) is 17.8 Å². The maximum atomic E-state index is 8.02. The van der Waals surface area contributed by atoms with Crippen LogP contribution in [0.25, 0.3) is 0 Å². The maximum absolute atomic E-state index is 8.02. The lowest BCUT2D eigenvalue weighted by Crippen LogP contribution is -1.70. The Morgan fingerprint density at radius 1 is 1.83 bits per heavy atom. The van der Waals surface area contributed by atoms with Crippen LogP contribution in [0.3, 0.4) is 0 Å². The van der Waals surface area contributed by atoms with Crippen molar-refractivity contribution in [2.75, 3.05) is 6.61 Å². The van der Waals surface area contributed by atoms with E-state index in [9.17, 15) is 0 Å². The van der Waals surface area contributed by atoms with Crippen LogP contribution in [0.5, 0.6) is 0 Å². The zero-order valence-corrected chi connectivity index (χ0v) is 3.29. The number of ether oxygens (including phenoxy) is 1. The number of hydrogen-bond acceptors (Lipinski definition) is 2. The van der Waals surface area contributed by atoms with Gasteiger partial charge in [0.2, 0.25) is 0 Å². The number of rotatable bonds is 1. The first-order valence-corrected chi connectivity index (χ1v) is 1.86. The van der Waals surface area contributed by atoms with Gasteiger partial charge in [-0.25, -0.2) is 0 Å². The summed E-state index contributed by atoms with van der Waals surface area (Å²) in [5, 5.41) is 8.02. The fourth-order valence-electron chi connectivity index (χ4n) is 0.263. The van der Waals surface area contributed by atoms with E-state index in [1.54, 1.807) is 6.08 Å². The van der Waals surface area contributed by atoms with Crippen molar-refractivity contribution in [2.45, 2.75) is 6.10 Å². The van der Waals surface area contributed by atoms with Crippen molar-refractivity contribution >= 4 is 0 Å². The quantitative estimate of drug-likeness (QED) is 0.371. The van der Waals surface area contributed by atoms with Gasteiger partial charge in [0.1, 0.15) is 6.10 Å². The van der Waals surface area contributed by atoms with Crippen LogP contribution >= 0.6 is 0 Å². The molecule has 0 aromatic heterocycles. The molecule has 2 nitrogen and oxygen atoms in total. The van der Waals surface area contributed by atoms with Gasteiger partial charge < -0.3 is 9.84 Å². The molecule has 0 amide bonds. The molecule has 0 aliphatic carbocycles. The monoisotopic (exact) mass is 86.0 g/mol. The average Bonchev–Trinajstić information content (AvgIpc) is 2.21. The Bertz CT molecular complexity index is 63.9. The second kappa shape index (κ2) is 1.30. The van der Waals surface area contributed by atoms with Crippen LogP contribution in [0.4, 0.5) is 0 Å². The van der Waals surface area contributed by atoms with Gasteiger partial charge in [0, 0.05) is 0 Å². The molecule has 1 atom stereocenters. The van der Waals surface area contributed by atoms with Gasteiger partial charge in [0.15, 0.2) is 0 Å². The topological polar surface area (TPSA) is 32.8 Å². The molecular formula is C4H6O2. The molecule has 0 aromatic rings. The molecule has 1 heterocycles. The van der Waals surface area contributed by atoms with Crippen LogP contribution in [-0.2, 0) is 4.74 Å². The first-order valence-electron chi connectivity index (χ1n) is 1.86. The molecule has 1 fully saturated rings. The Labute approximate surface area is 36.0 Å². The summed E-state index contributed by atoms with van der Waals surface area (Å²) in [6, 6.07) is 0. The first kappa shape index (κ1) is 3.68. The van der Waals surface area contributed by atoms with Gasteiger partial charge >= 0.3 is 0 Å². The van der Waals surface area contributed by atoms with E-state index in [1.807, 2.05) is 0 Å². The van der Waals surface area contributed by atoms with Crippen LogP contribution in [0.15, 0.2) is 12.3 Å². The Morgan fingerprint density at radius 3 is 2.67 bits per heavy atom. The third-order valence-electron chi connectivity index (χ3n) is 0.660. The SMILES string of the molecule is OC=CC1CO1. The Morgan fingerprint density at radius 2 is 2.50 bits per heavy atom. The van der Waals surface area contributed by atoms with E-state index in [0.29, 0.717) is 0 Å². The second-order valence-electron chi connectivity index (χ2n) is 1.21. The maximum Gasteiger partial charge on any atom is 0.102 e. The van der Waals surface area contributed by atoms with E-state index >= 15 is 0 Å². The summed E-state index contributed by atoms with van der Waals surface area (Å²) in [5.41, 5.74) is 0. The summed E-state index contributed by atoms with van der Waals surface area (Å²) in [6.07, 6.45) is 2.84. The predicted molar refractivity (Wildman–Crippen MR) is 21.5 cm³/mol. The minimum Gasteiger partial charge on any atom is -0.516 e. The van der Waals surface area contributed by atoms with Gasteiger partial charge in [0.25, 0.3) is 0 Å². The minimum absolute atomic E-state index is 0.218. The Hall–Kier alpha value is -0.500. The van der Waals surface area contributed by atoms with Crippen molar-refractivity contribution in [3.05, 3.63) is 12.3 Å². The molecule has 0 aromatic carbocycles. The summed E-state index contributed by atoms with van der Waals surface area (Å²) in [6.45, 7) is 0.775. The molecule has 0 radical (unpaired) electrons. The van der Waals surface area contributed by atoms with E-state index in [0.717, 1.165) is 12.9 Å². The van der Waals surface area contributed by atoms with E-state index in [2.05, 4.69) is 0 Å². The summed E-state index contributed by atoms with van der Waals surface area (Å²) in [7, 11) is 0. The number of epoxide rings is 1. The molecule has 1 saturated heterocycles. The third kappa shape index (κ3) is 0.723. The fourth-order valence-corrected chi connectivity index (χ4v) is 0.263. The third-order valence-corrected chi connectivity index (χ3v) is 0.660. The normalized spacial score (nSPS) is 31.7. The zero-order chi connectivity index (χ0) is 4.41. The van der Waals surface area contributed by atoms with Gasteiger partial charge in [-0.2, -0.15) is 0 Å². The zero-order valence-electron chi connectivity index (χ0n) is 3.29. The number of aliphatic hydroxyl groups excluding tert-OH is 1. The van der Waals surface area contributed by atoms with Gasteiger partial charge in [0.05, 0.1) is 12.9 Å². The number of hydrogen-bond donors (Lipinski definition) is 1. The number of aliphatic hydroxyl groups is 1. The molecule has 1 N–H and O–H groups in total. The van der Waals surface area contributed by atoms with Crippen LogP contribution < -0.4 is 0 Å². The van der Waals surface area contributed by atoms with Crippen molar-refractivity contribution in [1.29, 1.82) is 0 Å². The van der Waals surface area contributed by atoms with Gasteiger partial charge in [-0.05, 0) is 6.08 Å². The molecule has 0 spiro atoms. The Kier molecular flexibility index (Phi) is 0.801. The van der Waals surface area contributed by atoms with E-state index in [-0.39, 0.29) is 6.10 Å². The van der Waals surface area contributed by atoms with Crippen molar-refractivity contribution in [3.8, 4) is 0 Å². The summed E-state index contributed by atoms with van der Waals surface area (Å²) in [5.74, 6) is 0. The van der Waals surface area contributed by atoms with Crippen LogP contribution in [0.2, 0.25) is 0 Å². The fraction of sp³-hybridized carbons (Fsp3) is 0.500. The molecule has 1 rings (SSSR count). The van der Waals surface area contributed by atoms with Gasteiger partial charge in [-0.15, -0.1) is 0 Å². The lowest BCUT2D eigenvalue weighted by atomic mass is 10.5. The highest BCUT2D eigenvalue weighted by atomic mass is 16.6. The molecule has 1 aliphatic heterocycles. The molecule has 0 saturated carbocycles. The van der Waals surface area contributed by atoms with E-state index in [4.69, 9.17) is 9.84 Å². The van der Waals surface area contributed by atoms with Crippen molar-refractivity contribution in [2.24, 2.45) is 0 Å². The van der Waals surface area contributed by atoms with Crippen molar-refractivity contribution < 1.29 is 9.84 Å². The highest BCUT2D eigenvalue weighted by molar-refractivity contribution is 4.90. The van der Waals surface area contributed by atoms with Gasteiger partial charge in [-0.3, -0.25) is 0 Å². The predicted octanol–water partition coefficient (Wildman–Crippen LogP) is 0.457. The van der Waals surface area contributed by atoms with Crippen molar-refractivity contribution in [1.82, 2.24) is 0 Å².